The highest BCUT2D eigenvalue weighted by Gasteiger charge is 2.54. The van der Waals surface area contributed by atoms with Crippen LogP contribution in [0.4, 0.5) is 0 Å². The van der Waals surface area contributed by atoms with E-state index in [1.165, 1.54) is 51.4 Å². The van der Waals surface area contributed by atoms with Gasteiger partial charge >= 0.3 is 5.97 Å². The van der Waals surface area contributed by atoms with Crippen LogP contribution in [0.5, 0.6) is 0 Å². The predicted octanol–water partition coefficient (Wildman–Crippen LogP) is 3.95. The van der Waals surface area contributed by atoms with Crippen LogP contribution in [0.15, 0.2) is 0 Å². The molecule has 3 nitrogen and oxygen atoms in total. The molecule has 1 N–H and O–H groups in total. The van der Waals surface area contributed by atoms with Crippen molar-refractivity contribution in [2.45, 2.75) is 102 Å². The molecule has 3 aliphatic rings. The molecule has 1 atom stereocenters. The fourth-order valence-electron chi connectivity index (χ4n) is 4.03. The van der Waals surface area contributed by atoms with Crippen molar-refractivity contribution in [1.82, 2.24) is 5.32 Å². The van der Waals surface area contributed by atoms with Crippen molar-refractivity contribution in [3.8, 4) is 0 Å². The summed E-state index contributed by atoms with van der Waals surface area (Å²) in [7, 11) is 0. The molecule has 0 aromatic carbocycles. The molecule has 0 aromatic rings. The molecule has 0 aromatic heterocycles. The molecule has 1 aliphatic heterocycles. The highest BCUT2D eigenvalue weighted by atomic mass is 16.6. The molecule has 3 rings (SSSR count). The van der Waals surface area contributed by atoms with Gasteiger partial charge in [-0.3, -0.25) is 4.79 Å². The van der Waals surface area contributed by atoms with Crippen molar-refractivity contribution < 1.29 is 9.53 Å². The third-order valence-electron chi connectivity index (χ3n) is 5.36. The first kappa shape index (κ1) is 15.3. The van der Waals surface area contributed by atoms with E-state index in [1.54, 1.807) is 0 Å². The van der Waals surface area contributed by atoms with Crippen molar-refractivity contribution in [3.63, 3.8) is 0 Å². The summed E-state index contributed by atoms with van der Waals surface area (Å²) in [5.74, 6) is 0.671. The predicted molar refractivity (Wildman–Crippen MR) is 84.1 cm³/mol. The maximum atomic E-state index is 11.9. The molecule has 3 heteroatoms. The molecule has 1 heterocycles. The van der Waals surface area contributed by atoms with Gasteiger partial charge in [0.15, 0.2) is 0 Å². The second-order valence-corrected chi connectivity index (χ2v) is 8.77. The van der Waals surface area contributed by atoms with E-state index < -0.39 is 0 Å². The number of nitrogens with one attached hydrogen (secondary N) is 1. The van der Waals surface area contributed by atoms with Crippen LogP contribution in [0.2, 0.25) is 0 Å². The minimum Gasteiger partial charge on any atom is -0.460 e. The summed E-state index contributed by atoms with van der Waals surface area (Å²) in [6, 6.07) is 0. The summed E-state index contributed by atoms with van der Waals surface area (Å²) in [6.07, 6.45) is 12.3. The van der Waals surface area contributed by atoms with E-state index in [0.29, 0.717) is 23.4 Å². The van der Waals surface area contributed by atoms with E-state index >= 15 is 0 Å². The van der Waals surface area contributed by atoms with Gasteiger partial charge in [-0.25, -0.2) is 0 Å². The van der Waals surface area contributed by atoms with Gasteiger partial charge in [0.2, 0.25) is 0 Å². The van der Waals surface area contributed by atoms with Crippen LogP contribution in [0, 0.1) is 5.92 Å². The van der Waals surface area contributed by atoms with Crippen LogP contribution >= 0.6 is 0 Å². The molecule has 120 valence electrons. The van der Waals surface area contributed by atoms with Gasteiger partial charge < -0.3 is 10.1 Å². The molecule has 2 aliphatic carbocycles. The molecule has 21 heavy (non-hydrogen) atoms. The summed E-state index contributed by atoms with van der Waals surface area (Å²) < 4.78 is 5.44. The lowest BCUT2D eigenvalue weighted by atomic mass is 9.85. The molecule has 2 saturated carbocycles. The molecule has 0 radical (unpaired) electrons. The number of ether oxygens (including phenoxy) is 1. The molecular weight excluding hydrogens is 262 g/mol. The summed E-state index contributed by atoms with van der Waals surface area (Å²) in [6.45, 7) is 5.83. The van der Waals surface area contributed by atoms with Gasteiger partial charge in [0.05, 0.1) is 0 Å². The van der Waals surface area contributed by atoms with E-state index in [9.17, 15) is 4.79 Å². The molecule has 3 fully saturated rings. The maximum Gasteiger partial charge on any atom is 0.306 e. The van der Waals surface area contributed by atoms with Crippen molar-refractivity contribution >= 4 is 5.97 Å². The van der Waals surface area contributed by atoms with Crippen LogP contribution in [-0.2, 0) is 9.53 Å². The fraction of sp³-hybridized carbons (Fsp3) is 0.944. The Bertz CT molecular complexity index is 402. The minimum absolute atomic E-state index is 0.0268. The minimum atomic E-state index is -0.352. The normalized spacial score (nSPS) is 29.8. The Morgan fingerprint density at radius 3 is 2.38 bits per heavy atom. The van der Waals surface area contributed by atoms with Gasteiger partial charge in [0.1, 0.15) is 5.60 Å². The quantitative estimate of drug-likeness (QED) is 0.801. The monoisotopic (exact) mass is 293 g/mol. The zero-order chi connectivity index (χ0) is 15.1. The number of carbonyl (C=O) groups is 1. The third-order valence-corrected chi connectivity index (χ3v) is 5.36. The first-order chi connectivity index (χ1) is 9.80. The van der Waals surface area contributed by atoms with E-state index in [4.69, 9.17) is 4.74 Å². The van der Waals surface area contributed by atoms with E-state index in [2.05, 4.69) is 5.32 Å². The largest absolute Gasteiger partial charge is 0.460 e. The highest BCUT2D eigenvalue weighted by Crippen LogP contribution is 2.52. The van der Waals surface area contributed by atoms with Gasteiger partial charge in [0.25, 0.3) is 0 Å². The van der Waals surface area contributed by atoms with E-state index in [1.807, 2.05) is 20.8 Å². The molecular formula is C18H31NO2. The van der Waals surface area contributed by atoms with Crippen LogP contribution in [0.3, 0.4) is 0 Å². The lowest BCUT2D eigenvalue weighted by Gasteiger charge is -2.33. The van der Waals surface area contributed by atoms with Crippen molar-refractivity contribution in [1.29, 1.82) is 0 Å². The summed E-state index contributed by atoms with van der Waals surface area (Å²) in [5, 5.41) is 4.00. The lowest BCUT2D eigenvalue weighted by molar-refractivity contribution is -0.155. The summed E-state index contributed by atoms with van der Waals surface area (Å²) >= 11 is 0. The zero-order valence-electron chi connectivity index (χ0n) is 14.0. The van der Waals surface area contributed by atoms with Gasteiger partial charge in [-0.05, 0) is 71.6 Å². The van der Waals surface area contributed by atoms with Gasteiger partial charge in [-0.1, -0.05) is 12.8 Å². The van der Waals surface area contributed by atoms with Crippen molar-refractivity contribution in [2.75, 3.05) is 0 Å². The molecule has 1 unspecified atom stereocenters. The van der Waals surface area contributed by atoms with E-state index in [0.717, 1.165) is 6.42 Å². The first-order valence-corrected chi connectivity index (χ1v) is 8.81. The SMILES string of the molecule is CC(C)(C)OC(=O)CCC1CCCC2(CC2)NC2(CC2)C1. The second-order valence-electron chi connectivity index (χ2n) is 8.77. The standard InChI is InChI=1S/C18H31NO2/c1-16(2,3)21-15(20)7-6-14-5-4-8-17(9-10-17)19-18(13-14)11-12-18/h14,19H,4-13H2,1-3H3. The number of hydrogen-bond acceptors (Lipinski definition) is 3. The number of hydrogen-bond donors (Lipinski definition) is 1. The summed E-state index contributed by atoms with van der Waals surface area (Å²) in [4.78, 5) is 11.9. The van der Waals surface area contributed by atoms with Gasteiger partial charge in [-0.15, -0.1) is 0 Å². The van der Waals surface area contributed by atoms with Gasteiger partial charge in [-0.2, -0.15) is 0 Å². The van der Waals surface area contributed by atoms with E-state index in [-0.39, 0.29) is 11.6 Å². The zero-order valence-corrected chi connectivity index (χ0v) is 14.0. The van der Waals surface area contributed by atoms with Crippen molar-refractivity contribution in [2.24, 2.45) is 5.92 Å². The van der Waals surface area contributed by atoms with Crippen LogP contribution in [0.25, 0.3) is 0 Å². The smallest absolute Gasteiger partial charge is 0.306 e. The highest BCUT2D eigenvalue weighted by molar-refractivity contribution is 5.69. The third kappa shape index (κ3) is 4.21. The van der Waals surface area contributed by atoms with Crippen molar-refractivity contribution in [3.05, 3.63) is 0 Å². The Balaban J connectivity index is 1.48. The molecule has 0 amide bonds. The number of esters is 1. The molecule has 0 bridgehead atoms. The summed E-state index contributed by atoms with van der Waals surface area (Å²) in [5.41, 5.74) is 0.609. The average Bonchev–Trinajstić information content (AvgIpc) is 3.23. The van der Waals surface area contributed by atoms with Crippen LogP contribution in [-0.4, -0.2) is 22.6 Å². The molecule has 1 saturated heterocycles. The van der Waals surface area contributed by atoms with Crippen LogP contribution < -0.4 is 5.32 Å². The Kier molecular flexibility index (Phi) is 3.84. The average molecular weight is 293 g/mol. The first-order valence-electron chi connectivity index (χ1n) is 8.81. The number of rotatable bonds is 3. The van der Waals surface area contributed by atoms with Gasteiger partial charge in [0, 0.05) is 17.5 Å². The fourth-order valence-corrected chi connectivity index (χ4v) is 4.03. The van der Waals surface area contributed by atoms with Crippen LogP contribution in [0.1, 0.15) is 85.0 Å². The Morgan fingerprint density at radius 1 is 1.14 bits per heavy atom. The number of carbonyl (C=O) groups excluding carboxylic acids is 1. The Hall–Kier alpha value is -0.570. The Labute approximate surface area is 129 Å². The second kappa shape index (κ2) is 5.26. The molecule has 2 spiro atoms. The Morgan fingerprint density at radius 2 is 1.81 bits per heavy atom. The lowest BCUT2D eigenvalue weighted by Crippen LogP contribution is -2.44. The topological polar surface area (TPSA) is 38.3 Å². The maximum absolute atomic E-state index is 11.9.